The molecule has 3 aliphatic rings. The summed E-state index contributed by atoms with van der Waals surface area (Å²) in [6, 6.07) is 0.319. The number of hydrogen-bond donors (Lipinski definition) is 2. The first-order chi connectivity index (χ1) is 7.75. The van der Waals surface area contributed by atoms with Gasteiger partial charge in [-0.1, -0.05) is 0 Å². The SMILES string of the molecule is NC1COCC1C(=O)NC(C1CC1)C1CC1. The third-order valence-corrected chi connectivity index (χ3v) is 4.03. The molecule has 3 rings (SSSR count). The van der Waals surface area contributed by atoms with E-state index >= 15 is 0 Å². The number of carbonyl (C=O) groups is 1. The van der Waals surface area contributed by atoms with Gasteiger partial charge in [0.15, 0.2) is 0 Å². The Bertz CT molecular complexity index is 275. The predicted molar refractivity (Wildman–Crippen MR) is 59.7 cm³/mol. The first-order valence-corrected chi connectivity index (χ1v) is 6.39. The molecule has 0 aromatic carbocycles. The number of ether oxygens (including phenoxy) is 1. The molecule has 2 atom stereocenters. The predicted octanol–water partition coefficient (Wildman–Crippen LogP) is 0.265. The second-order valence-corrected chi connectivity index (χ2v) is 5.52. The van der Waals surface area contributed by atoms with Gasteiger partial charge in [0.2, 0.25) is 5.91 Å². The Morgan fingerprint density at radius 3 is 2.25 bits per heavy atom. The molecule has 1 aliphatic heterocycles. The lowest BCUT2D eigenvalue weighted by molar-refractivity contribution is -0.126. The summed E-state index contributed by atoms with van der Waals surface area (Å²) in [6.45, 7) is 1.02. The van der Waals surface area contributed by atoms with E-state index < -0.39 is 0 Å². The number of rotatable bonds is 4. The normalized spacial score (nSPS) is 34.4. The molecular formula is C12H20N2O2. The van der Waals surface area contributed by atoms with Crippen LogP contribution in [0.1, 0.15) is 25.7 Å². The molecule has 4 heteroatoms. The van der Waals surface area contributed by atoms with Gasteiger partial charge in [0.05, 0.1) is 19.1 Å². The fraction of sp³-hybridized carbons (Fsp3) is 0.917. The Hall–Kier alpha value is -0.610. The molecule has 0 spiro atoms. The largest absolute Gasteiger partial charge is 0.379 e. The Labute approximate surface area is 95.9 Å². The van der Waals surface area contributed by atoms with Crippen LogP contribution in [0.5, 0.6) is 0 Å². The summed E-state index contributed by atoms with van der Waals surface area (Å²) in [5.74, 6) is 1.48. The van der Waals surface area contributed by atoms with Crippen molar-refractivity contribution in [3.05, 3.63) is 0 Å². The smallest absolute Gasteiger partial charge is 0.227 e. The molecule has 4 nitrogen and oxygen atoms in total. The monoisotopic (exact) mass is 224 g/mol. The second kappa shape index (κ2) is 4.00. The highest BCUT2D eigenvalue weighted by atomic mass is 16.5. The number of carbonyl (C=O) groups excluding carboxylic acids is 1. The van der Waals surface area contributed by atoms with Gasteiger partial charge in [-0.2, -0.15) is 0 Å². The zero-order chi connectivity index (χ0) is 11.1. The standard InChI is InChI=1S/C12H20N2O2/c13-10-6-16-5-9(10)12(15)14-11(7-1-2-7)8-3-4-8/h7-11H,1-6,13H2,(H,14,15). The van der Waals surface area contributed by atoms with Gasteiger partial charge in [-0.3, -0.25) is 4.79 Å². The van der Waals surface area contributed by atoms with Crippen molar-refractivity contribution in [2.45, 2.75) is 37.8 Å². The van der Waals surface area contributed by atoms with Crippen molar-refractivity contribution in [3.63, 3.8) is 0 Å². The highest BCUT2D eigenvalue weighted by Gasteiger charge is 2.43. The molecule has 0 aromatic heterocycles. The van der Waals surface area contributed by atoms with Crippen LogP contribution in [0.3, 0.4) is 0 Å². The van der Waals surface area contributed by atoms with Crippen molar-refractivity contribution in [1.82, 2.24) is 5.32 Å². The molecule has 0 aromatic rings. The van der Waals surface area contributed by atoms with Crippen LogP contribution >= 0.6 is 0 Å². The number of nitrogens with one attached hydrogen (secondary N) is 1. The summed E-state index contributed by atoms with van der Waals surface area (Å²) in [5.41, 5.74) is 5.85. The second-order valence-electron chi connectivity index (χ2n) is 5.52. The third kappa shape index (κ3) is 2.09. The molecule has 1 amide bonds. The molecule has 2 saturated carbocycles. The fourth-order valence-corrected chi connectivity index (χ4v) is 2.64. The molecule has 1 saturated heterocycles. The number of nitrogens with two attached hydrogens (primary N) is 1. The van der Waals surface area contributed by atoms with E-state index in [9.17, 15) is 4.79 Å². The topological polar surface area (TPSA) is 64.3 Å². The summed E-state index contributed by atoms with van der Waals surface area (Å²) in [7, 11) is 0. The molecule has 2 aliphatic carbocycles. The molecule has 0 bridgehead atoms. The lowest BCUT2D eigenvalue weighted by Crippen LogP contribution is -2.46. The van der Waals surface area contributed by atoms with Gasteiger partial charge in [-0.25, -0.2) is 0 Å². The van der Waals surface area contributed by atoms with Gasteiger partial charge in [0.25, 0.3) is 0 Å². The Kier molecular flexibility index (Phi) is 2.64. The van der Waals surface area contributed by atoms with E-state index in [0.29, 0.717) is 19.3 Å². The lowest BCUT2D eigenvalue weighted by Gasteiger charge is -2.21. The van der Waals surface area contributed by atoms with Gasteiger partial charge in [-0.05, 0) is 37.5 Å². The van der Waals surface area contributed by atoms with Crippen LogP contribution in [0.2, 0.25) is 0 Å². The maximum atomic E-state index is 12.1. The quantitative estimate of drug-likeness (QED) is 0.720. The van der Waals surface area contributed by atoms with Crippen molar-refractivity contribution in [1.29, 1.82) is 0 Å². The minimum Gasteiger partial charge on any atom is -0.379 e. The molecule has 3 N–H and O–H groups in total. The van der Waals surface area contributed by atoms with Crippen LogP contribution in [0.25, 0.3) is 0 Å². The molecule has 0 radical (unpaired) electrons. The summed E-state index contributed by atoms with van der Waals surface area (Å²) >= 11 is 0. The van der Waals surface area contributed by atoms with Crippen LogP contribution in [0, 0.1) is 17.8 Å². The Balaban J connectivity index is 1.57. The number of hydrogen-bond acceptors (Lipinski definition) is 3. The van der Waals surface area contributed by atoms with Crippen LogP contribution in [-0.2, 0) is 9.53 Å². The number of amides is 1. The summed E-state index contributed by atoms with van der Waals surface area (Å²) in [4.78, 5) is 12.1. The minimum atomic E-state index is -0.125. The maximum Gasteiger partial charge on any atom is 0.227 e. The van der Waals surface area contributed by atoms with E-state index in [1.807, 2.05) is 0 Å². The van der Waals surface area contributed by atoms with Crippen molar-refractivity contribution in [3.8, 4) is 0 Å². The molecule has 1 heterocycles. The molecule has 16 heavy (non-hydrogen) atoms. The minimum absolute atomic E-state index is 0.112. The zero-order valence-electron chi connectivity index (χ0n) is 9.52. The van der Waals surface area contributed by atoms with E-state index in [1.165, 1.54) is 25.7 Å². The summed E-state index contributed by atoms with van der Waals surface area (Å²) < 4.78 is 5.24. The van der Waals surface area contributed by atoms with Crippen molar-refractivity contribution in [2.24, 2.45) is 23.5 Å². The van der Waals surface area contributed by atoms with Gasteiger partial charge >= 0.3 is 0 Å². The van der Waals surface area contributed by atoms with E-state index in [0.717, 1.165) is 11.8 Å². The summed E-state index contributed by atoms with van der Waals surface area (Å²) in [6.07, 6.45) is 5.15. The van der Waals surface area contributed by atoms with Crippen molar-refractivity contribution < 1.29 is 9.53 Å². The van der Waals surface area contributed by atoms with Gasteiger partial charge in [-0.15, -0.1) is 0 Å². The molecule has 90 valence electrons. The van der Waals surface area contributed by atoms with E-state index in [-0.39, 0.29) is 17.9 Å². The Morgan fingerprint density at radius 2 is 1.81 bits per heavy atom. The van der Waals surface area contributed by atoms with Gasteiger partial charge in [0.1, 0.15) is 0 Å². The first-order valence-electron chi connectivity index (χ1n) is 6.39. The van der Waals surface area contributed by atoms with Crippen LogP contribution in [0.4, 0.5) is 0 Å². The van der Waals surface area contributed by atoms with Crippen molar-refractivity contribution >= 4 is 5.91 Å². The van der Waals surface area contributed by atoms with Gasteiger partial charge in [0, 0.05) is 12.1 Å². The van der Waals surface area contributed by atoms with Crippen LogP contribution < -0.4 is 11.1 Å². The Morgan fingerprint density at radius 1 is 1.19 bits per heavy atom. The van der Waals surface area contributed by atoms with E-state index in [1.54, 1.807) is 0 Å². The molecule has 3 fully saturated rings. The van der Waals surface area contributed by atoms with Crippen molar-refractivity contribution in [2.75, 3.05) is 13.2 Å². The summed E-state index contributed by atoms with van der Waals surface area (Å²) in [5, 5.41) is 3.21. The highest BCUT2D eigenvalue weighted by Crippen LogP contribution is 2.44. The average Bonchev–Trinajstić information content (AvgIpc) is 3.14. The molecule has 2 unspecified atom stereocenters. The maximum absolute atomic E-state index is 12.1. The average molecular weight is 224 g/mol. The highest BCUT2D eigenvalue weighted by molar-refractivity contribution is 5.80. The van der Waals surface area contributed by atoms with E-state index in [4.69, 9.17) is 10.5 Å². The first kappa shape index (κ1) is 10.5. The van der Waals surface area contributed by atoms with Crippen LogP contribution in [-0.4, -0.2) is 31.2 Å². The molecular weight excluding hydrogens is 204 g/mol. The van der Waals surface area contributed by atoms with Gasteiger partial charge < -0.3 is 15.8 Å². The van der Waals surface area contributed by atoms with E-state index in [2.05, 4.69) is 5.32 Å². The lowest BCUT2D eigenvalue weighted by atomic mass is 10.0. The fourth-order valence-electron chi connectivity index (χ4n) is 2.64. The third-order valence-electron chi connectivity index (χ3n) is 4.03. The van der Waals surface area contributed by atoms with Crippen LogP contribution in [0.15, 0.2) is 0 Å². The zero-order valence-corrected chi connectivity index (χ0v) is 9.52.